The molecule has 2 aromatic carbocycles. The third-order valence-corrected chi connectivity index (χ3v) is 8.11. The first-order valence-corrected chi connectivity index (χ1v) is 12.5. The summed E-state index contributed by atoms with van der Waals surface area (Å²) < 4.78 is 35.8. The summed E-state index contributed by atoms with van der Waals surface area (Å²) in [6.07, 6.45) is -0.238. The quantitative estimate of drug-likeness (QED) is 0.529. The monoisotopic (exact) mass is 506 g/mol. The number of nitrogens with zero attached hydrogens (tertiary/aromatic N) is 4. The molecule has 3 heterocycles. The van der Waals surface area contributed by atoms with Crippen LogP contribution < -0.4 is 10.6 Å². The Balaban J connectivity index is 1.83. The minimum absolute atomic E-state index is 0.144. The van der Waals surface area contributed by atoms with Crippen LogP contribution in [-0.2, 0) is 11.3 Å². The standard InChI is InChI=1S/C24H25ClF2N4O2S/c1-13-10-29(2)6-7-30(13)23-17-9-18(25)20(16-5-4-14(26)8-19(16)27)22-21(17)31(24(32)28-23)11-15(33-3)12-34-22/h4-5,8-9,13,15H,6-7,10-12H2,1-3H3. The summed E-state index contributed by atoms with van der Waals surface area (Å²) in [5, 5.41) is 1.07. The first-order valence-electron chi connectivity index (χ1n) is 11.1. The number of methoxy groups -OCH3 is 1. The fourth-order valence-corrected chi connectivity index (χ4v) is 6.54. The molecule has 1 fully saturated rings. The summed E-state index contributed by atoms with van der Waals surface area (Å²) in [7, 11) is 3.67. The third-order valence-electron chi connectivity index (χ3n) is 6.59. The van der Waals surface area contributed by atoms with Crippen molar-refractivity contribution in [3.63, 3.8) is 0 Å². The molecule has 2 atom stereocenters. The molecule has 2 aliphatic heterocycles. The van der Waals surface area contributed by atoms with Crippen LogP contribution in [0.3, 0.4) is 0 Å². The second-order valence-corrected chi connectivity index (χ2v) is 10.3. The van der Waals surface area contributed by atoms with Gasteiger partial charge in [-0.3, -0.25) is 4.57 Å². The molecule has 3 aromatic rings. The highest BCUT2D eigenvalue weighted by Crippen LogP contribution is 2.46. The lowest BCUT2D eigenvalue weighted by Crippen LogP contribution is -2.51. The molecule has 0 bridgehead atoms. The van der Waals surface area contributed by atoms with Gasteiger partial charge < -0.3 is 14.5 Å². The van der Waals surface area contributed by atoms with Crippen molar-refractivity contribution >= 4 is 40.1 Å². The maximum Gasteiger partial charge on any atom is 0.350 e. The van der Waals surface area contributed by atoms with Gasteiger partial charge in [-0.15, -0.1) is 11.8 Å². The summed E-state index contributed by atoms with van der Waals surface area (Å²) >= 11 is 8.26. The Bertz CT molecular complexity index is 1330. The van der Waals surface area contributed by atoms with Gasteiger partial charge in [-0.1, -0.05) is 11.6 Å². The number of hydrogen-bond donors (Lipinski definition) is 0. The summed E-state index contributed by atoms with van der Waals surface area (Å²) in [4.78, 5) is 22.9. The molecule has 0 radical (unpaired) electrons. The molecule has 1 saturated heterocycles. The Kier molecular flexibility index (Phi) is 6.31. The van der Waals surface area contributed by atoms with E-state index in [0.717, 1.165) is 31.1 Å². The van der Waals surface area contributed by atoms with Crippen molar-refractivity contribution in [2.75, 3.05) is 44.4 Å². The van der Waals surface area contributed by atoms with Gasteiger partial charge in [-0.05, 0) is 32.2 Å². The average Bonchev–Trinajstić information content (AvgIpc) is 2.98. The van der Waals surface area contributed by atoms with Gasteiger partial charge in [0, 0.05) is 66.0 Å². The molecule has 2 aliphatic rings. The number of likely N-dealkylation sites (N-methyl/N-ethyl adjacent to an activating group) is 1. The van der Waals surface area contributed by atoms with Crippen LogP contribution in [0.1, 0.15) is 6.92 Å². The van der Waals surface area contributed by atoms with E-state index in [9.17, 15) is 13.6 Å². The highest BCUT2D eigenvalue weighted by Gasteiger charge is 2.31. The Morgan fingerprint density at radius 1 is 1.21 bits per heavy atom. The van der Waals surface area contributed by atoms with Crippen LogP contribution in [-0.4, -0.2) is 66.1 Å². The summed E-state index contributed by atoms with van der Waals surface area (Å²) in [5.74, 6) is -0.240. The van der Waals surface area contributed by atoms with E-state index in [0.29, 0.717) is 39.1 Å². The molecule has 0 saturated carbocycles. The van der Waals surface area contributed by atoms with E-state index >= 15 is 0 Å². The van der Waals surface area contributed by atoms with Gasteiger partial charge in [0.25, 0.3) is 0 Å². The smallest absolute Gasteiger partial charge is 0.350 e. The molecule has 10 heteroatoms. The van der Waals surface area contributed by atoms with Crippen molar-refractivity contribution in [2.24, 2.45) is 0 Å². The molecule has 1 aromatic heterocycles. The van der Waals surface area contributed by atoms with Gasteiger partial charge in [0.2, 0.25) is 0 Å². The molecular formula is C24H25ClF2N4O2S. The molecular weight excluding hydrogens is 482 g/mol. The fraction of sp³-hybridized carbons (Fsp3) is 0.417. The molecule has 34 heavy (non-hydrogen) atoms. The van der Waals surface area contributed by atoms with Crippen LogP contribution in [0.4, 0.5) is 14.6 Å². The number of anilines is 1. The molecule has 180 valence electrons. The Labute approximate surface area is 205 Å². The van der Waals surface area contributed by atoms with Crippen LogP contribution >= 0.6 is 23.4 Å². The van der Waals surface area contributed by atoms with Crippen LogP contribution in [0, 0.1) is 11.6 Å². The zero-order valence-corrected chi connectivity index (χ0v) is 20.7. The van der Waals surface area contributed by atoms with Crippen molar-refractivity contribution in [2.45, 2.75) is 30.5 Å². The highest BCUT2D eigenvalue weighted by molar-refractivity contribution is 7.99. The van der Waals surface area contributed by atoms with Crippen molar-refractivity contribution < 1.29 is 13.5 Å². The summed E-state index contributed by atoms with van der Waals surface area (Å²) in [6.45, 7) is 4.83. The maximum atomic E-state index is 14.9. The lowest BCUT2D eigenvalue weighted by atomic mass is 10.0. The SMILES string of the molecule is COC1CSc2c(-c3ccc(F)cc3F)c(Cl)cc3c(N4CCN(C)CC4C)nc(=O)n(c23)C1. The zero-order valence-electron chi connectivity index (χ0n) is 19.1. The number of hydrogen-bond acceptors (Lipinski definition) is 6. The summed E-state index contributed by atoms with van der Waals surface area (Å²) in [5.41, 5.74) is 0.920. The number of halogens is 3. The number of ether oxygens (including phenoxy) is 1. The van der Waals surface area contributed by atoms with E-state index < -0.39 is 11.6 Å². The van der Waals surface area contributed by atoms with Gasteiger partial charge >= 0.3 is 5.69 Å². The van der Waals surface area contributed by atoms with Crippen LogP contribution in [0.2, 0.25) is 5.02 Å². The van der Waals surface area contributed by atoms with E-state index in [2.05, 4.69) is 28.8 Å². The lowest BCUT2D eigenvalue weighted by Gasteiger charge is -2.39. The molecule has 6 nitrogen and oxygen atoms in total. The van der Waals surface area contributed by atoms with Crippen LogP contribution in [0.25, 0.3) is 22.0 Å². The zero-order chi connectivity index (χ0) is 24.1. The van der Waals surface area contributed by atoms with Gasteiger partial charge in [0.15, 0.2) is 0 Å². The lowest BCUT2D eigenvalue weighted by molar-refractivity contribution is 0.107. The van der Waals surface area contributed by atoms with Crippen LogP contribution in [0.5, 0.6) is 0 Å². The highest BCUT2D eigenvalue weighted by atomic mass is 35.5. The predicted molar refractivity (Wildman–Crippen MR) is 132 cm³/mol. The van der Waals surface area contributed by atoms with Gasteiger partial charge in [0.05, 0.1) is 23.2 Å². The normalized spacial score (nSPS) is 21.2. The molecule has 0 N–H and O–H groups in total. The number of piperazine rings is 1. The van der Waals surface area contributed by atoms with Crippen molar-refractivity contribution in [3.8, 4) is 11.1 Å². The first-order chi connectivity index (χ1) is 16.3. The van der Waals surface area contributed by atoms with Crippen molar-refractivity contribution in [3.05, 3.63) is 51.4 Å². The third kappa shape index (κ3) is 3.98. The predicted octanol–water partition coefficient (Wildman–Crippen LogP) is 4.26. The number of aromatic nitrogens is 2. The second-order valence-electron chi connectivity index (χ2n) is 8.88. The molecule has 0 spiro atoms. The van der Waals surface area contributed by atoms with Crippen molar-refractivity contribution in [1.82, 2.24) is 14.5 Å². The minimum atomic E-state index is -0.707. The van der Waals surface area contributed by atoms with Crippen molar-refractivity contribution in [1.29, 1.82) is 0 Å². The van der Waals surface area contributed by atoms with E-state index in [-0.39, 0.29) is 23.4 Å². The molecule has 2 unspecified atom stereocenters. The minimum Gasteiger partial charge on any atom is -0.379 e. The summed E-state index contributed by atoms with van der Waals surface area (Å²) in [6, 6.07) is 5.35. The molecule has 5 rings (SSSR count). The molecule has 0 aliphatic carbocycles. The van der Waals surface area contributed by atoms with Gasteiger partial charge in [-0.25, -0.2) is 13.6 Å². The Hall–Kier alpha value is -2.20. The second kappa shape index (κ2) is 9.11. The molecule has 0 amide bonds. The van der Waals surface area contributed by atoms with E-state index in [1.54, 1.807) is 17.7 Å². The number of rotatable bonds is 3. The van der Waals surface area contributed by atoms with Gasteiger partial charge in [0.1, 0.15) is 17.5 Å². The number of benzene rings is 2. The van der Waals surface area contributed by atoms with Gasteiger partial charge in [-0.2, -0.15) is 4.98 Å². The Morgan fingerprint density at radius 3 is 2.71 bits per heavy atom. The van der Waals surface area contributed by atoms with E-state index in [1.807, 2.05) is 0 Å². The topological polar surface area (TPSA) is 50.6 Å². The van der Waals surface area contributed by atoms with E-state index in [4.69, 9.17) is 16.3 Å². The van der Waals surface area contributed by atoms with E-state index in [1.165, 1.54) is 23.9 Å². The van der Waals surface area contributed by atoms with Crippen LogP contribution in [0.15, 0.2) is 34.0 Å². The average molecular weight is 507 g/mol. The maximum absolute atomic E-state index is 14.9. The Morgan fingerprint density at radius 2 is 2.00 bits per heavy atom. The number of thioether (sulfide) groups is 1. The largest absolute Gasteiger partial charge is 0.379 e. The first kappa shape index (κ1) is 23.5. The fourth-order valence-electron chi connectivity index (χ4n) is 4.86.